The average molecular weight is 337 g/mol. The first kappa shape index (κ1) is 18.7. The predicted molar refractivity (Wildman–Crippen MR) is 89.1 cm³/mol. The van der Waals surface area contributed by atoms with Crippen molar-refractivity contribution < 1.29 is 23.8 Å². The second-order valence-corrected chi connectivity index (χ2v) is 7.65. The molecule has 2 fully saturated rings. The molecule has 1 atom stereocenters. The second kappa shape index (κ2) is 6.33. The minimum absolute atomic E-state index is 0.102. The highest BCUT2D eigenvalue weighted by molar-refractivity contribution is 5.88. The van der Waals surface area contributed by atoms with E-state index in [1.165, 1.54) is 6.08 Å². The molecule has 134 valence electrons. The highest BCUT2D eigenvalue weighted by Crippen LogP contribution is 2.48. The van der Waals surface area contributed by atoms with Gasteiger partial charge in [0.25, 0.3) is 0 Å². The molecule has 1 unspecified atom stereocenters. The molecule has 1 spiro atoms. The van der Waals surface area contributed by atoms with E-state index in [1.54, 1.807) is 0 Å². The van der Waals surface area contributed by atoms with Gasteiger partial charge < -0.3 is 19.1 Å². The zero-order chi connectivity index (χ0) is 18.2. The van der Waals surface area contributed by atoms with Gasteiger partial charge in [0.05, 0.1) is 6.61 Å². The fourth-order valence-corrected chi connectivity index (χ4v) is 4.16. The SMILES string of the molecule is C=CC(=O)OCC1COC2(CC(C)(C)N(C(=O)C=C)C(C)(C)C2)O1. The van der Waals surface area contributed by atoms with Gasteiger partial charge >= 0.3 is 5.97 Å². The first-order valence-electron chi connectivity index (χ1n) is 8.13. The van der Waals surface area contributed by atoms with Crippen molar-refractivity contribution in [2.24, 2.45) is 0 Å². The number of carbonyl (C=O) groups is 2. The first-order valence-corrected chi connectivity index (χ1v) is 8.13. The summed E-state index contributed by atoms with van der Waals surface area (Å²) in [7, 11) is 0. The van der Waals surface area contributed by atoms with Crippen LogP contribution in [0.25, 0.3) is 0 Å². The van der Waals surface area contributed by atoms with E-state index in [-0.39, 0.29) is 18.6 Å². The third-order valence-electron chi connectivity index (χ3n) is 4.50. The molecular formula is C18H27NO5. The van der Waals surface area contributed by atoms with E-state index in [2.05, 4.69) is 13.2 Å². The summed E-state index contributed by atoms with van der Waals surface area (Å²) in [5, 5.41) is 0. The molecule has 0 aromatic rings. The summed E-state index contributed by atoms with van der Waals surface area (Å²) in [5.74, 6) is -1.36. The number of ether oxygens (including phenoxy) is 3. The van der Waals surface area contributed by atoms with Gasteiger partial charge in [0.15, 0.2) is 5.79 Å². The van der Waals surface area contributed by atoms with Crippen LogP contribution in [0.1, 0.15) is 40.5 Å². The average Bonchev–Trinajstić information content (AvgIpc) is 2.83. The monoisotopic (exact) mass is 337 g/mol. The fraction of sp³-hybridized carbons (Fsp3) is 0.667. The molecule has 6 heteroatoms. The van der Waals surface area contributed by atoms with E-state index in [0.717, 1.165) is 6.08 Å². The number of likely N-dealkylation sites (tertiary alicyclic amines) is 1. The zero-order valence-electron chi connectivity index (χ0n) is 15.0. The van der Waals surface area contributed by atoms with Crippen molar-refractivity contribution in [3.8, 4) is 0 Å². The molecule has 24 heavy (non-hydrogen) atoms. The molecule has 2 aliphatic heterocycles. The third-order valence-corrected chi connectivity index (χ3v) is 4.50. The van der Waals surface area contributed by atoms with E-state index >= 15 is 0 Å². The highest BCUT2D eigenvalue weighted by Gasteiger charge is 2.57. The summed E-state index contributed by atoms with van der Waals surface area (Å²) in [5.41, 5.74) is -0.917. The summed E-state index contributed by atoms with van der Waals surface area (Å²) in [6.45, 7) is 15.4. The summed E-state index contributed by atoms with van der Waals surface area (Å²) >= 11 is 0. The number of nitrogens with zero attached hydrogens (tertiary/aromatic N) is 1. The Labute approximate surface area is 143 Å². The van der Waals surface area contributed by atoms with Crippen LogP contribution in [0.15, 0.2) is 25.3 Å². The zero-order valence-corrected chi connectivity index (χ0v) is 15.0. The van der Waals surface area contributed by atoms with E-state index in [4.69, 9.17) is 14.2 Å². The third kappa shape index (κ3) is 3.54. The van der Waals surface area contributed by atoms with Crippen LogP contribution >= 0.6 is 0 Å². The van der Waals surface area contributed by atoms with Crippen LogP contribution in [0.3, 0.4) is 0 Å². The van der Waals surface area contributed by atoms with E-state index in [1.807, 2.05) is 32.6 Å². The Morgan fingerprint density at radius 1 is 1.17 bits per heavy atom. The van der Waals surface area contributed by atoms with Crippen molar-refractivity contribution >= 4 is 11.9 Å². The maximum Gasteiger partial charge on any atom is 0.330 e. The largest absolute Gasteiger partial charge is 0.460 e. The van der Waals surface area contributed by atoms with Crippen molar-refractivity contribution in [2.45, 2.75) is 63.5 Å². The summed E-state index contributed by atoms with van der Waals surface area (Å²) in [6, 6.07) is 0. The number of rotatable bonds is 4. The van der Waals surface area contributed by atoms with Gasteiger partial charge in [-0.1, -0.05) is 13.2 Å². The van der Waals surface area contributed by atoms with Gasteiger partial charge in [-0.15, -0.1) is 0 Å². The van der Waals surface area contributed by atoms with Gasteiger partial charge in [-0.05, 0) is 33.8 Å². The van der Waals surface area contributed by atoms with Crippen LogP contribution in [0.2, 0.25) is 0 Å². The van der Waals surface area contributed by atoms with Crippen LogP contribution in [-0.4, -0.2) is 53.0 Å². The van der Waals surface area contributed by atoms with Crippen LogP contribution in [-0.2, 0) is 23.8 Å². The summed E-state index contributed by atoms with van der Waals surface area (Å²) in [4.78, 5) is 25.4. The quantitative estimate of drug-likeness (QED) is 0.581. The topological polar surface area (TPSA) is 65.1 Å². The maximum atomic E-state index is 12.3. The lowest BCUT2D eigenvalue weighted by atomic mass is 9.76. The number of esters is 1. The smallest absolute Gasteiger partial charge is 0.330 e. The van der Waals surface area contributed by atoms with Crippen LogP contribution in [0.4, 0.5) is 0 Å². The lowest BCUT2D eigenvalue weighted by Gasteiger charge is -2.57. The minimum atomic E-state index is -0.782. The highest BCUT2D eigenvalue weighted by atomic mass is 16.8. The van der Waals surface area contributed by atoms with Crippen LogP contribution in [0, 0.1) is 0 Å². The molecule has 2 rings (SSSR count). The number of hydrogen-bond donors (Lipinski definition) is 0. The van der Waals surface area contributed by atoms with Gasteiger partial charge in [-0.25, -0.2) is 4.79 Å². The molecule has 2 aliphatic rings. The molecule has 0 radical (unpaired) electrons. The molecule has 1 amide bonds. The van der Waals surface area contributed by atoms with E-state index in [0.29, 0.717) is 19.4 Å². The molecule has 0 aliphatic carbocycles. The Morgan fingerprint density at radius 2 is 1.75 bits per heavy atom. The Kier molecular flexibility index (Phi) is 4.93. The Hall–Kier alpha value is -1.66. The summed E-state index contributed by atoms with van der Waals surface area (Å²) in [6.07, 6.45) is 3.22. The van der Waals surface area contributed by atoms with Gasteiger partial charge in [-0.3, -0.25) is 4.79 Å². The molecular weight excluding hydrogens is 310 g/mol. The second-order valence-electron chi connectivity index (χ2n) is 7.65. The molecule has 0 bridgehead atoms. The van der Waals surface area contributed by atoms with Crippen molar-refractivity contribution in [3.63, 3.8) is 0 Å². The molecule has 2 saturated heterocycles. The Bertz CT molecular complexity index is 534. The van der Waals surface area contributed by atoms with Crippen LogP contribution in [0.5, 0.6) is 0 Å². The fourth-order valence-electron chi connectivity index (χ4n) is 4.16. The van der Waals surface area contributed by atoms with Crippen molar-refractivity contribution in [2.75, 3.05) is 13.2 Å². The van der Waals surface area contributed by atoms with Gasteiger partial charge in [0.1, 0.15) is 12.7 Å². The van der Waals surface area contributed by atoms with E-state index < -0.39 is 22.8 Å². The molecule has 0 aromatic carbocycles. The van der Waals surface area contributed by atoms with E-state index in [9.17, 15) is 9.59 Å². The van der Waals surface area contributed by atoms with Gasteiger partial charge in [-0.2, -0.15) is 0 Å². The summed E-state index contributed by atoms with van der Waals surface area (Å²) < 4.78 is 17.2. The Balaban J connectivity index is 2.14. The molecule has 0 N–H and O–H groups in total. The van der Waals surface area contributed by atoms with Crippen molar-refractivity contribution in [1.29, 1.82) is 0 Å². The molecule has 2 heterocycles. The number of piperidine rings is 1. The van der Waals surface area contributed by atoms with Crippen molar-refractivity contribution in [1.82, 2.24) is 4.90 Å². The van der Waals surface area contributed by atoms with Crippen molar-refractivity contribution in [3.05, 3.63) is 25.3 Å². The lowest BCUT2D eigenvalue weighted by Crippen LogP contribution is -2.67. The van der Waals surface area contributed by atoms with Gasteiger partial charge in [0.2, 0.25) is 5.91 Å². The molecule has 0 saturated carbocycles. The standard InChI is InChI=1S/C18H27NO5/c1-7-14(20)19-16(3,4)11-18(12-17(19,5)6)23-10-13(24-18)9-22-15(21)8-2/h7-8,13H,1-2,9-12H2,3-6H3. The predicted octanol–water partition coefficient (Wildman–Crippen LogP) is 2.19. The maximum absolute atomic E-state index is 12.3. The first-order chi connectivity index (χ1) is 11.1. The molecule has 6 nitrogen and oxygen atoms in total. The normalized spacial score (nSPS) is 26.8. The molecule has 0 aromatic heterocycles. The van der Waals surface area contributed by atoms with Gasteiger partial charge in [0, 0.05) is 30.0 Å². The number of amides is 1. The lowest BCUT2D eigenvalue weighted by molar-refractivity contribution is -0.244. The number of hydrogen-bond acceptors (Lipinski definition) is 5. The van der Waals surface area contributed by atoms with Crippen LogP contribution < -0.4 is 0 Å². The Morgan fingerprint density at radius 3 is 2.25 bits per heavy atom. The minimum Gasteiger partial charge on any atom is -0.460 e. The number of carbonyl (C=O) groups excluding carboxylic acids is 2.